The van der Waals surface area contributed by atoms with Gasteiger partial charge in [-0.25, -0.2) is 0 Å². The van der Waals surface area contributed by atoms with Crippen molar-refractivity contribution in [2.45, 2.75) is 6.42 Å². The van der Waals surface area contributed by atoms with Gasteiger partial charge in [0.2, 0.25) is 5.96 Å². The maximum absolute atomic E-state index is 5.42. The van der Waals surface area contributed by atoms with Crippen LogP contribution in [0.1, 0.15) is 5.56 Å². The first-order valence-corrected chi connectivity index (χ1v) is 5.03. The summed E-state index contributed by atoms with van der Waals surface area (Å²) in [5.41, 5.74) is 16.9. The average Bonchev–Trinajstić information content (AvgIpc) is 2.55. The Hall–Kier alpha value is -1.56. The molecule has 0 fully saturated rings. The Morgan fingerprint density at radius 3 is 2.71 bits per heavy atom. The van der Waals surface area contributed by atoms with Gasteiger partial charge in [0, 0.05) is 6.54 Å². The van der Waals surface area contributed by atoms with Gasteiger partial charge in [0.25, 0.3) is 0 Å². The van der Waals surface area contributed by atoms with Gasteiger partial charge < -0.3 is 17.2 Å². The molecule has 0 aliphatic rings. The molecule has 0 aliphatic carbocycles. The minimum atomic E-state index is -0.0678. The molecule has 14 heavy (non-hydrogen) atoms. The zero-order chi connectivity index (χ0) is 10.4. The van der Waals surface area contributed by atoms with Crippen LogP contribution in [-0.4, -0.2) is 18.5 Å². The van der Waals surface area contributed by atoms with Crippen molar-refractivity contribution in [3.63, 3.8) is 0 Å². The predicted octanol–water partition coefficient (Wildman–Crippen LogP) is -0.121. The van der Waals surface area contributed by atoms with Crippen LogP contribution >= 0.6 is 11.3 Å². The number of hydrogen-bond acceptors (Lipinski definition) is 2. The Morgan fingerprint density at radius 2 is 2.14 bits per heavy atom. The van der Waals surface area contributed by atoms with E-state index >= 15 is 0 Å². The maximum Gasteiger partial charge on any atom is 0.218 e. The third-order valence-corrected chi connectivity index (χ3v) is 2.23. The van der Waals surface area contributed by atoms with E-state index in [1.807, 2.05) is 5.38 Å². The molecule has 6 N–H and O–H groups in total. The number of hydrogen-bond donors (Lipinski definition) is 3. The molecular weight excluding hydrogens is 198 g/mol. The molecule has 0 radical (unpaired) electrons. The van der Waals surface area contributed by atoms with Crippen LogP contribution in [0.2, 0.25) is 0 Å². The van der Waals surface area contributed by atoms with Crippen molar-refractivity contribution in [3.8, 4) is 0 Å². The summed E-state index contributed by atoms with van der Waals surface area (Å²) < 4.78 is 0. The van der Waals surface area contributed by atoms with Crippen LogP contribution in [0.15, 0.2) is 26.8 Å². The summed E-state index contributed by atoms with van der Waals surface area (Å²) in [5, 5.41) is 4.10. The van der Waals surface area contributed by atoms with Crippen LogP contribution in [-0.2, 0) is 6.42 Å². The van der Waals surface area contributed by atoms with E-state index in [-0.39, 0.29) is 11.9 Å². The molecule has 76 valence electrons. The molecule has 0 saturated heterocycles. The molecule has 6 heteroatoms. The number of thiophene rings is 1. The van der Waals surface area contributed by atoms with Crippen LogP contribution in [0.3, 0.4) is 0 Å². The Morgan fingerprint density at radius 1 is 1.36 bits per heavy atom. The molecule has 1 heterocycles. The Bertz CT molecular complexity index is 324. The van der Waals surface area contributed by atoms with E-state index in [9.17, 15) is 0 Å². The number of rotatable bonds is 3. The van der Waals surface area contributed by atoms with Crippen molar-refractivity contribution < 1.29 is 0 Å². The maximum atomic E-state index is 5.42. The Kier molecular flexibility index (Phi) is 3.93. The topological polar surface area (TPSA) is 103 Å². The number of guanidine groups is 2. The summed E-state index contributed by atoms with van der Waals surface area (Å²) in [6.07, 6.45) is 0.851. The number of nitrogens with zero attached hydrogens (tertiary/aromatic N) is 2. The fraction of sp³-hybridized carbons (Fsp3) is 0.250. The number of nitrogens with two attached hydrogens (primary N) is 3. The Balaban J connectivity index is 2.37. The second-order valence-electron chi connectivity index (χ2n) is 2.66. The van der Waals surface area contributed by atoms with Crippen LogP contribution in [0.4, 0.5) is 0 Å². The first kappa shape index (κ1) is 10.5. The van der Waals surface area contributed by atoms with Crippen molar-refractivity contribution >= 4 is 23.3 Å². The van der Waals surface area contributed by atoms with E-state index in [1.54, 1.807) is 11.3 Å². The molecule has 5 nitrogen and oxygen atoms in total. The normalized spacial score (nSPS) is 11.3. The summed E-state index contributed by atoms with van der Waals surface area (Å²) in [5.74, 6) is 0.0574. The van der Waals surface area contributed by atoms with E-state index < -0.39 is 0 Å². The molecule has 0 unspecified atom stereocenters. The standard InChI is InChI=1S/C8H13N5S/c9-7(10)13-8(11)12-3-1-6-2-4-14-5-6/h2,4-5H,1,3H2,(H6,9,10,11,12,13). The van der Waals surface area contributed by atoms with Gasteiger partial charge in [0.1, 0.15) is 0 Å². The minimum Gasteiger partial charge on any atom is -0.370 e. The van der Waals surface area contributed by atoms with Crippen LogP contribution < -0.4 is 17.2 Å². The van der Waals surface area contributed by atoms with E-state index in [2.05, 4.69) is 21.4 Å². The zero-order valence-corrected chi connectivity index (χ0v) is 8.50. The number of aliphatic imine (C=N–C) groups is 2. The highest BCUT2D eigenvalue weighted by Crippen LogP contribution is 2.06. The summed E-state index contributed by atoms with van der Waals surface area (Å²) >= 11 is 1.66. The smallest absolute Gasteiger partial charge is 0.218 e. The summed E-state index contributed by atoms with van der Waals surface area (Å²) in [4.78, 5) is 7.59. The lowest BCUT2D eigenvalue weighted by atomic mass is 10.2. The lowest BCUT2D eigenvalue weighted by Crippen LogP contribution is -2.26. The summed E-state index contributed by atoms with van der Waals surface area (Å²) in [6.45, 7) is 0.597. The summed E-state index contributed by atoms with van der Waals surface area (Å²) in [6, 6.07) is 2.05. The lowest BCUT2D eigenvalue weighted by molar-refractivity contribution is 0.967. The van der Waals surface area contributed by atoms with Crippen molar-refractivity contribution in [1.82, 2.24) is 0 Å². The van der Waals surface area contributed by atoms with E-state index in [0.29, 0.717) is 6.54 Å². The van der Waals surface area contributed by atoms with E-state index in [4.69, 9.17) is 17.2 Å². The van der Waals surface area contributed by atoms with Gasteiger partial charge in [-0.1, -0.05) is 0 Å². The second kappa shape index (κ2) is 5.23. The van der Waals surface area contributed by atoms with Crippen LogP contribution in [0, 0.1) is 0 Å². The highest BCUT2D eigenvalue weighted by molar-refractivity contribution is 7.07. The fourth-order valence-electron chi connectivity index (χ4n) is 0.902. The van der Waals surface area contributed by atoms with Gasteiger partial charge in [-0.3, -0.25) is 4.99 Å². The van der Waals surface area contributed by atoms with Gasteiger partial charge in [0.05, 0.1) is 0 Å². The highest BCUT2D eigenvalue weighted by Gasteiger charge is 1.92. The molecule has 0 saturated carbocycles. The van der Waals surface area contributed by atoms with E-state index in [1.165, 1.54) is 5.56 Å². The van der Waals surface area contributed by atoms with Crippen molar-refractivity contribution in [3.05, 3.63) is 22.4 Å². The monoisotopic (exact) mass is 211 g/mol. The molecule has 0 amide bonds. The second-order valence-corrected chi connectivity index (χ2v) is 3.44. The molecule has 0 spiro atoms. The van der Waals surface area contributed by atoms with Crippen molar-refractivity contribution in [2.24, 2.45) is 27.2 Å². The van der Waals surface area contributed by atoms with Gasteiger partial charge in [-0.2, -0.15) is 16.3 Å². The lowest BCUT2D eigenvalue weighted by Gasteiger charge is -1.94. The van der Waals surface area contributed by atoms with Gasteiger partial charge in [-0.15, -0.1) is 0 Å². The van der Waals surface area contributed by atoms with Crippen molar-refractivity contribution in [2.75, 3.05) is 6.54 Å². The first-order chi connectivity index (χ1) is 6.68. The summed E-state index contributed by atoms with van der Waals surface area (Å²) in [7, 11) is 0. The molecule has 0 aromatic carbocycles. The molecule has 0 bridgehead atoms. The molecule has 1 aromatic rings. The van der Waals surface area contributed by atoms with Gasteiger partial charge in [0.15, 0.2) is 5.96 Å². The van der Waals surface area contributed by atoms with Crippen LogP contribution in [0.5, 0.6) is 0 Å². The molecule has 1 rings (SSSR count). The largest absolute Gasteiger partial charge is 0.370 e. The zero-order valence-electron chi connectivity index (χ0n) is 7.68. The molecule has 1 aromatic heterocycles. The van der Waals surface area contributed by atoms with E-state index in [0.717, 1.165) is 6.42 Å². The van der Waals surface area contributed by atoms with Crippen LogP contribution in [0.25, 0.3) is 0 Å². The third-order valence-electron chi connectivity index (χ3n) is 1.50. The first-order valence-electron chi connectivity index (χ1n) is 4.09. The van der Waals surface area contributed by atoms with Gasteiger partial charge >= 0.3 is 0 Å². The molecular formula is C8H13N5S. The van der Waals surface area contributed by atoms with Gasteiger partial charge in [-0.05, 0) is 28.8 Å². The third kappa shape index (κ3) is 3.90. The highest BCUT2D eigenvalue weighted by atomic mass is 32.1. The molecule has 0 aliphatic heterocycles. The molecule has 0 atom stereocenters. The fourth-order valence-corrected chi connectivity index (χ4v) is 1.61. The SMILES string of the molecule is NC(N)=NC(N)=NCCc1ccsc1. The minimum absolute atomic E-state index is 0.0678. The predicted molar refractivity (Wildman–Crippen MR) is 60.3 cm³/mol. The average molecular weight is 211 g/mol. The quantitative estimate of drug-likeness (QED) is 0.479. The van der Waals surface area contributed by atoms with Crippen molar-refractivity contribution in [1.29, 1.82) is 0 Å². The Labute approximate surface area is 86.3 Å².